The number of nitrogens with zero attached hydrogens (tertiary/aromatic N) is 9. The number of amides is 7. The van der Waals surface area contributed by atoms with E-state index in [2.05, 4.69) is 46.2 Å². The number of oxime groups is 1. The molecule has 6 aliphatic rings. The molecule has 10 N–H and O–H groups in total. The SMILES string of the molecule is CC1(C)S[C@@H]2[C@H](NC(=O)[C@H](N)c3ccccc3)C(=O)N2[C@H]1C(=O)O.CO/N=C(/C(=O)N[C@@H]1C(=O)N2C(C(=O)O)=C(COC(N)=O)CS[C@H]12)c1ccco1.CO[C@@]1(NC(=O)CSCC#N)C(=O)N2C(C(=O)O)=C(CSc3nnnn3C)CS[C@@H]21. The van der Waals surface area contributed by atoms with Crippen LogP contribution in [0.2, 0.25) is 0 Å². The highest BCUT2D eigenvalue weighted by Crippen LogP contribution is 2.51. The topological polar surface area (TPSA) is 450 Å². The number of benzene rings is 1. The number of rotatable bonds is 20. The van der Waals surface area contributed by atoms with Crippen LogP contribution < -0.4 is 27.4 Å². The fraction of sp³-hybridized carbons (Fsp3) is 0.426. The molecule has 4 saturated heterocycles. The first-order chi connectivity index (χ1) is 39.4. The molecule has 8 heterocycles. The number of carboxylic acid groups (broad SMARTS) is 3. The minimum Gasteiger partial charge on any atom is -0.480 e. The molecule has 0 aliphatic carbocycles. The second-order valence-electron chi connectivity index (χ2n) is 18.4. The van der Waals surface area contributed by atoms with Crippen LogP contribution in [-0.4, -0.2) is 210 Å². The molecule has 1 aromatic carbocycles. The van der Waals surface area contributed by atoms with E-state index < -0.39 is 98.9 Å². The van der Waals surface area contributed by atoms with Crippen molar-refractivity contribution in [1.82, 2.24) is 50.9 Å². The number of fused-ring (bicyclic) bond motifs is 3. The Bertz CT molecular complexity index is 3210. The first-order valence-corrected chi connectivity index (χ1v) is 29.2. The maximum atomic E-state index is 12.9. The number of nitrogens with two attached hydrogens (primary N) is 2. The predicted molar refractivity (Wildman–Crippen MR) is 295 cm³/mol. The number of methoxy groups -OCH3 is 1. The zero-order valence-electron chi connectivity index (χ0n) is 44.2. The monoisotopic (exact) mass is 1240 g/mol. The highest BCUT2D eigenvalue weighted by atomic mass is 32.2. The molecule has 31 nitrogen and oxygen atoms in total. The summed E-state index contributed by atoms with van der Waals surface area (Å²) in [6.45, 7) is 3.23. The van der Waals surface area contributed by atoms with Crippen molar-refractivity contribution in [2.45, 2.75) is 69.8 Å². The van der Waals surface area contributed by atoms with Gasteiger partial charge in [-0.15, -0.1) is 52.1 Å². The van der Waals surface area contributed by atoms with E-state index in [1.54, 1.807) is 51.2 Å². The molecule has 0 radical (unpaired) electrons. The fourth-order valence-electron chi connectivity index (χ4n) is 9.05. The van der Waals surface area contributed by atoms with Crippen molar-refractivity contribution in [2.75, 3.05) is 49.6 Å². The number of hydrogen-bond acceptors (Lipinski definition) is 25. The lowest BCUT2D eigenvalue weighted by Crippen LogP contribution is -2.80. The Balaban J connectivity index is 0.000000180. The number of carbonyl (C=O) groups is 10. The van der Waals surface area contributed by atoms with Crippen LogP contribution in [0.25, 0.3) is 0 Å². The zero-order chi connectivity index (χ0) is 60.7. The van der Waals surface area contributed by atoms with Gasteiger partial charge in [0.2, 0.25) is 28.6 Å². The number of ether oxygens (including phenoxy) is 2. The molecule has 0 bridgehead atoms. The van der Waals surface area contributed by atoms with Gasteiger partial charge in [-0.1, -0.05) is 47.2 Å². The molecule has 4 fully saturated rings. The number of aryl methyl sites for hydroxylation is 1. The van der Waals surface area contributed by atoms with Crippen LogP contribution in [0.3, 0.4) is 0 Å². The Morgan fingerprint density at radius 2 is 1.61 bits per heavy atom. The highest BCUT2D eigenvalue weighted by molar-refractivity contribution is 8.02. The van der Waals surface area contributed by atoms with Gasteiger partial charge in [-0.2, -0.15) is 5.26 Å². The quantitative estimate of drug-likeness (QED) is 0.0169. The summed E-state index contributed by atoms with van der Waals surface area (Å²) in [5.74, 6) is -5.85. The molecular formula is C47H52N14O17S5. The molecule has 6 aliphatic heterocycles. The van der Waals surface area contributed by atoms with E-state index in [4.69, 9.17) is 25.9 Å². The number of tetrazole rings is 1. The number of nitrogens with one attached hydrogen (secondary N) is 3. The maximum Gasteiger partial charge on any atom is 0.404 e. The summed E-state index contributed by atoms with van der Waals surface area (Å²) >= 11 is 6.27. The second kappa shape index (κ2) is 26.6. The summed E-state index contributed by atoms with van der Waals surface area (Å²) in [5.41, 5.74) is 10.1. The molecule has 9 rings (SSSR count). The summed E-state index contributed by atoms with van der Waals surface area (Å²) in [7, 11) is 4.21. The van der Waals surface area contributed by atoms with Gasteiger partial charge in [0.05, 0.1) is 23.8 Å². The number of aliphatic carboxylic acids is 3. The van der Waals surface area contributed by atoms with Gasteiger partial charge in [-0.3, -0.25) is 38.6 Å². The number of carbonyl (C=O) groups excluding carboxylic acids is 7. The second-order valence-corrected chi connectivity index (χ2v) is 24.3. The Morgan fingerprint density at radius 1 is 0.940 bits per heavy atom. The summed E-state index contributed by atoms with van der Waals surface area (Å²) in [6, 6.07) is 10.4. The van der Waals surface area contributed by atoms with Crippen molar-refractivity contribution in [1.29, 1.82) is 5.26 Å². The van der Waals surface area contributed by atoms with Gasteiger partial charge in [-0.05, 0) is 47.5 Å². The number of carboxylic acids is 3. The fourth-order valence-corrected chi connectivity index (χ4v) is 14.9. The average Bonchev–Trinajstić information content (AvgIpc) is 3.81. The van der Waals surface area contributed by atoms with E-state index in [1.807, 2.05) is 12.1 Å². The first-order valence-electron chi connectivity index (χ1n) is 24.1. The third kappa shape index (κ3) is 13.0. The van der Waals surface area contributed by atoms with E-state index >= 15 is 0 Å². The highest BCUT2D eigenvalue weighted by Gasteiger charge is 2.67. The standard InChI is InChI=1S/C16H16N4O8S.C16H19N3O4S.C15H17N7O5S3/c1-26-19-9(8-3-2-4-27-8)12(21)18-10-13(22)20-11(15(23)24)7(5-28-16(17)25)6-29-14(10)20;1-16(2)11(15(22)23)19-13(21)10(14(19)24-16)18-12(20)9(17)8-6-4-3-5-7-8;1-21-14(18-19-20-21)30-6-8-5-29-13-15(27-2,17-9(23)7-28-4-3-16)12(26)22(13)10(8)11(24)25/h2-4,10,14H,5-6H2,1H3,(H2,17,25)(H,18,21)(H,23,24);3-7,9-11,14H,17H2,1-2H3,(H,18,20)(H,22,23);13H,4-7H2,1-2H3,(H,17,23)(H,24,25)/b19-9+;;/t10-,14-;9-,10-,11+,14-;13-,15+/m111/s1. The molecule has 0 unspecified atom stereocenters. The van der Waals surface area contributed by atoms with Crippen LogP contribution in [0.5, 0.6) is 0 Å². The number of furan rings is 1. The van der Waals surface area contributed by atoms with Crippen LogP contribution in [0, 0.1) is 11.3 Å². The molecule has 2 aromatic heterocycles. The van der Waals surface area contributed by atoms with Crippen molar-refractivity contribution >= 4 is 124 Å². The molecule has 7 amide bonds. The largest absolute Gasteiger partial charge is 0.480 e. The summed E-state index contributed by atoms with van der Waals surface area (Å²) < 4.78 is 16.0. The lowest BCUT2D eigenvalue weighted by Gasteiger charge is -2.55. The predicted octanol–water partition coefficient (Wildman–Crippen LogP) is -0.946. The van der Waals surface area contributed by atoms with Gasteiger partial charge in [-0.25, -0.2) is 23.9 Å². The Hall–Kier alpha value is -7.82. The molecule has 0 saturated carbocycles. The van der Waals surface area contributed by atoms with Crippen molar-refractivity contribution in [2.24, 2.45) is 23.7 Å². The number of aromatic nitrogens is 4. The van der Waals surface area contributed by atoms with Crippen LogP contribution in [0.1, 0.15) is 31.2 Å². The Kier molecular flexibility index (Phi) is 20.1. The lowest BCUT2D eigenvalue weighted by molar-refractivity contribution is -0.192. The van der Waals surface area contributed by atoms with Crippen LogP contribution in [0.4, 0.5) is 4.79 Å². The number of hydrogen-bond donors (Lipinski definition) is 8. The minimum atomic E-state index is -1.64. The smallest absolute Gasteiger partial charge is 0.404 e. The summed E-state index contributed by atoms with van der Waals surface area (Å²) in [5, 5.41) is 58.5. The van der Waals surface area contributed by atoms with Crippen molar-refractivity contribution in [3.63, 3.8) is 0 Å². The van der Waals surface area contributed by atoms with Gasteiger partial charge in [0.1, 0.15) is 65.4 Å². The maximum absolute atomic E-state index is 12.9. The Labute approximate surface area is 491 Å². The molecule has 36 heteroatoms. The average molecular weight is 1250 g/mol. The zero-order valence-corrected chi connectivity index (χ0v) is 48.3. The van der Waals surface area contributed by atoms with Gasteiger partial charge in [0.15, 0.2) is 5.76 Å². The lowest BCUT2D eigenvalue weighted by atomic mass is 9.95. The van der Waals surface area contributed by atoms with Crippen LogP contribution >= 0.6 is 58.8 Å². The molecule has 83 heavy (non-hydrogen) atoms. The van der Waals surface area contributed by atoms with Crippen LogP contribution in [-0.2, 0) is 64.5 Å². The van der Waals surface area contributed by atoms with Crippen LogP contribution in [0.15, 0.2) is 86.0 Å². The van der Waals surface area contributed by atoms with Gasteiger partial charge >= 0.3 is 24.0 Å². The van der Waals surface area contributed by atoms with E-state index in [9.17, 15) is 63.3 Å². The molecule has 0 spiro atoms. The van der Waals surface area contributed by atoms with E-state index in [1.165, 1.54) is 83.2 Å². The number of primary amides is 1. The molecule has 8 atom stereocenters. The third-order valence-corrected chi connectivity index (χ3v) is 19.0. The summed E-state index contributed by atoms with van der Waals surface area (Å²) in [4.78, 5) is 129. The molecule has 442 valence electrons. The number of β-lactam (4-membered cyclic amide) rings is 3. The van der Waals surface area contributed by atoms with Crippen molar-refractivity contribution in [3.05, 3.63) is 82.6 Å². The normalized spacial score (nSPS) is 24.0. The minimum absolute atomic E-state index is 0.0153. The number of nitriles is 1. The van der Waals surface area contributed by atoms with Gasteiger partial charge in [0.25, 0.3) is 23.4 Å². The molecular weight excluding hydrogens is 1190 g/mol. The third-order valence-electron chi connectivity index (χ3n) is 12.8. The first kappa shape index (κ1) is 62.8. The van der Waals surface area contributed by atoms with Gasteiger partial charge < -0.3 is 66.4 Å². The van der Waals surface area contributed by atoms with E-state index in [0.29, 0.717) is 22.0 Å². The summed E-state index contributed by atoms with van der Waals surface area (Å²) in [6.07, 6.45) is 0.290. The van der Waals surface area contributed by atoms with E-state index in [-0.39, 0.29) is 69.3 Å². The van der Waals surface area contributed by atoms with E-state index in [0.717, 1.165) is 21.6 Å². The van der Waals surface area contributed by atoms with Gasteiger partial charge in [0, 0.05) is 41.7 Å². The molecule has 3 aromatic rings. The Morgan fingerprint density at radius 3 is 2.20 bits per heavy atom. The van der Waals surface area contributed by atoms with Crippen molar-refractivity contribution < 1.29 is 82.0 Å². The van der Waals surface area contributed by atoms with Crippen molar-refractivity contribution in [3.8, 4) is 6.07 Å². The number of thioether (sulfide) groups is 5.